The Hall–Kier alpha value is -2.60. The number of aromatic amines is 1. The highest BCUT2D eigenvalue weighted by Crippen LogP contribution is 2.34. The van der Waals surface area contributed by atoms with Crippen LogP contribution in [0.5, 0.6) is 0 Å². The van der Waals surface area contributed by atoms with Gasteiger partial charge >= 0.3 is 0 Å². The molecule has 0 bridgehead atoms. The van der Waals surface area contributed by atoms with Gasteiger partial charge in [-0.25, -0.2) is 8.42 Å². The predicted molar refractivity (Wildman–Crippen MR) is 128 cm³/mol. The Morgan fingerprint density at radius 3 is 2.13 bits per heavy atom. The van der Waals surface area contributed by atoms with Gasteiger partial charge in [0, 0.05) is 28.8 Å². The summed E-state index contributed by atoms with van der Waals surface area (Å²) in [6, 6.07) is 22.0. The number of hydrogen-bond acceptors (Lipinski definition) is 3. The van der Waals surface area contributed by atoms with Crippen LogP contribution in [0.4, 0.5) is 0 Å². The lowest BCUT2D eigenvalue weighted by Crippen LogP contribution is -1.88. The third-order valence-electron chi connectivity index (χ3n) is 5.41. The minimum absolute atomic E-state index is 0.0673. The number of fused-ring (bicyclic) bond motifs is 1. The second-order valence-corrected chi connectivity index (χ2v) is 9.05. The minimum Gasteiger partial charge on any atom is -0.396 e. The number of aryl methyl sites for hydroxylation is 1. The summed E-state index contributed by atoms with van der Waals surface area (Å²) in [6.45, 7) is 0.220. The number of aromatic nitrogens is 1. The highest BCUT2D eigenvalue weighted by Gasteiger charge is 2.09. The van der Waals surface area contributed by atoms with Crippen LogP contribution >= 0.6 is 11.6 Å². The van der Waals surface area contributed by atoms with Gasteiger partial charge in [0.05, 0.1) is 10.8 Å². The van der Waals surface area contributed by atoms with Crippen molar-refractivity contribution in [2.75, 3.05) is 6.61 Å². The van der Waals surface area contributed by atoms with Gasteiger partial charge in [0.1, 0.15) is 10.7 Å². The molecule has 0 aliphatic carbocycles. The van der Waals surface area contributed by atoms with E-state index in [0.29, 0.717) is 5.02 Å². The number of halogens is 1. The normalized spacial score (nSPS) is 11.5. The molecule has 1 heterocycles. The number of H-pyrrole nitrogens is 1. The van der Waals surface area contributed by atoms with Gasteiger partial charge in [-0.1, -0.05) is 60.1 Å². The lowest BCUT2D eigenvalue weighted by molar-refractivity contribution is 0.284. The molecule has 1 aromatic heterocycles. The number of aliphatic hydroxyl groups excluding tert-OH is 1. The monoisotopic (exact) mass is 453 g/mol. The minimum atomic E-state index is -2.41. The van der Waals surface area contributed by atoms with E-state index < -0.39 is 10.7 Å². The number of hydrogen-bond donors (Lipinski definition) is 3. The zero-order valence-corrected chi connectivity index (χ0v) is 18.6. The van der Waals surface area contributed by atoms with E-state index in [1.54, 1.807) is 0 Å². The van der Waals surface area contributed by atoms with Crippen LogP contribution in [0.2, 0.25) is 5.02 Å². The molecule has 0 aliphatic rings. The van der Waals surface area contributed by atoms with E-state index in [4.69, 9.17) is 16.7 Å². The van der Waals surface area contributed by atoms with Gasteiger partial charge in [-0.05, 0) is 59.7 Å². The quantitative estimate of drug-likeness (QED) is 0.241. The van der Waals surface area contributed by atoms with Crippen LogP contribution in [0.25, 0.3) is 33.2 Å². The van der Waals surface area contributed by atoms with E-state index in [0.717, 1.165) is 63.7 Å². The standard InChI is InChI=1S/C25H24ClNO3S/c26-24-15-25-21(13-22(27-25)3-1-2-12-28)14-23(24)20-10-8-19(9-11-20)18-6-4-17(5-7-18)16-31(29)30/h4-11,13-15,27-28,31H,1-3,12,16H2. The van der Waals surface area contributed by atoms with Crippen molar-refractivity contribution in [2.45, 2.75) is 25.0 Å². The second kappa shape index (κ2) is 9.69. The fraction of sp³-hybridized carbons (Fsp3) is 0.200. The van der Waals surface area contributed by atoms with E-state index in [1.807, 2.05) is 30.3 Å². The maximum Gasteiger partial charge on any atom is 0.144 e. The zero-order valence-electron chi connectivity index (χ0n) is 17.0. The Morgan fingerprint density at radius 1 is 0.839 bits per heavy atom. The van der Waals surface area contributed by atoms with Crippen molar-refractivity contribution in [1.82, 2.24) is 4.98 Å². The molecule has 4 nitrogen and oxygen atoms in total. The molecule has 2 N–H and O–H groups in total. The second-order valence-electron chi connectivity index (χ2n) is 7.66. The molecule has 0 amide bonds. The van der Waals surface area contributed by atoms with E-state index in [9.17, 15) is 8.42 Å². The predicted octanol–water partition coefficient (Wildman–Crippen LogP) is 5.58. The van der Waals surface area contributed by atoms with E-state index in [-0.39, 0.29) is 12.4 Å². The highest BCUT2D eigenvalue weighted by molar-refractivity contribution is 7.71. The molecule has 160 valence electrons. The molecular formula is C25H24ClNO3S. The maximum absolute atomic E-state index is 10.9. The summed E-state index contributed by atoms with van der Waals surface area (Å²) >= 11 is 6.59. The molecule has 6 heteroatoms. The van der Waals surface area contributed by atoms with Crippen molar-refractivity contribution in [3.05, 3.63) is 83.0 Å². The lowest BCUT2D eigenvalue weighted by Gasteiger charge is -2.08. The first-order valence-corrected chi connectivity index (χ1v) is 12.0. The largest absolute Gasteiger partial charge is 0.396 e. The summed E-state index contributed by atoms with van der Waals surface area (Å²) < 4.78 is 21.8. The third kappa shape index (κ3) is 5.18. The molecule has 0 saturated carbocycles. The molecule has 0 saturated heterocycles. The van der Waals surface area contributed by atoms with E-state index in [1.165, 1.54) is 0 Å². The van der Waals surface area contributed by atoms with Crippen molar-refractivity contribution in [2.24, 2.45) is 0 Å². The number of unbranched alkanes of at least 4 members (excludes halogenated alkanes) is 1. The first-order valence-electron chi connectivity index (χ1n) is 10.3. The lowest BCUT2D eigenvalue weighted by atomic mass is 9.99. The molecule has 3 aromatic carbocycles. The van der Waals surface area contributed by atoms with Crippen LogP contribution < -0.4 is 0 Å². The molecule has 4 aromatic rings. The Balaban J connectivity index is 1.57. The Labute approximate surface area is 188 Å². The topological polar surface area (TPSA) is 70.2 Å². The Bertz CT molecular complexity index is 1250. The van der Waals surface area contributed by atoms with Crippen molar-refractivity contribution < 1.29 is 13.5 Å². The van der Waals surface area contributed by atoms with E-state index in [2.05, 4.69) is 41.4 Å². The Morgan fingerprint density at radius 2 is 1.48 bits per heavy atom. The van der Waals surface area contributed by atoms with Gasteiger partial charge < -0.3 is 10.1 Å². The average molecular weight is 454 g/mol. The van der Waals surface area contributed by atoms with Gasteiger partial charge in [-0.2, -0.15) is 0 Å². The van der Waals surface area contributed by atoms with Crippen LogP contribution in [-0.4, -0.2) is 25.1 Å². The molecule has 4 rings (SSSR count). The fourth-order valence-electron chi connectivity index (χ4n) is 3.79. The molecule has 0 radical (unpaired) electrons. The molecule has 0 aliphatic heterocycles. The van der Waals surface area contributed by atoms with Crippen LogP contribution in [0.15, 0.2) is 66.7 Å². The van der Waals surface area contributed by atoms with Gasteiger partial charge in [0.15, 0.2) is 0 Å². The molecule has 0 atom stereocenters. The van der Waals surface area contributed by atoms with E-state index >= 15 is 0 Å². The third-order valence-corrected chi connectivity index (χ3v) is 6.35. The van der Waals surface area contributed by atoms with Gasteiger partial charge in [0.25, 0.3) is 0 Å². The first kappa shape index (κ1) is 21.6. The molecule has 0 fully saturated rings. The average Bonchev–Trinajstić information content (AvgIpc) is 3.15. The van der Waals surface area contributed by atoms with Crippen LogP contribution in [-0.2, 0) is 22.9 Å². The number of nitrogens with one attached hydrogen (secondary N) is 1. The summed E-state index contributed by atoms with van der Waals surface area (Å²) in [5, 5.41) is 10.8. The summed E-state index contributed by atoms with van der Waals surface area (Å²) in [5.41, 5.74) is 7.08. The maximum atomic E-state index is 10.9. The first-order chi connectivity index (χ1) is 15.0. The highest BCUT2D eigenvalue weighted by atomic mass is 35.5. The van der Waals surface area contributed by atoms with Crippen molar-refractivity contribution in [3.63, 3.8) is 0 Å². The molecular weight excluding hydrogens is 430 g/mol. The summed E-state index contributed by atoms with van der Waals surface area (Å²) in [7, 11) is -2.41. The summed E-state index contributed by atoms with van der Waals surface area (Å²) in [4.78, 5) is 3.42. The van der Waals surface area contributed by atoms with Gasteiger partial charge in [-0.3, -0.25) is 0 Å². The SMILES string of the molecule is O=[SH](=O)Cc1ccc(-c2ccc(-c3cc4cc(CCCCO)[nH]c4cc3Cl)cc2)cc1. The smallest absolute Gasteiger partial charge is 0.144 e. The van der Waals surface area contributed by atoms with Crippen LogP contribution in [0.1, 0.15) is 24.1 Å². The zero-order chi connectivity index (χ0) is 21.8. The van der Waals surface area contributed by atoms with Crippen LogP contribution in [0, 0.1) is 0 Å². The number of thiol groups is 1. The number of aliphatic hydroxyl groups is 1. The fourth-order valence-corrected chi connectivity index (χ4v) is 4.57. The van der Waals surface area contributed by atoms with Gasteiger partial charge in [0.2, 0.25) is 0 Å². The molecule has 0 unspecified atom stereocenters. The summed E-state index contributed by atoms with van der Waals surface area (Å²) in [6.07, 6.45) is 2.65. The Kier molecular flexibility index (Phi) is 6.76. The molecule has 0 spiro atoms. The molecule has 31 heavy (non-hydrogen) atoms. The van der Waals surface area contributed by atoms with Gasteiger partial charge in [-0.15, -0.1) is 0 Å². The van der Waals surface area contributed by atoms with Crippen molar-refractivity contribution in [1.29, 1.82) is 0 Å². The summed E-state index contributed by atoms with van der Waals surface area (Å²) in [5.74, 6) is 0.0673. The number of rotatable bonds is 8. The number of benzene rings is 3. The van der Waals surface area contributed by atoms with Crippen molar-refractivity contribution in [3.8, 4) is 22.3 Å². The van der Waals surface area contributed by atoms with Crippen molar-refractivity contribution >= 4 is 33.2 Å². The van der Waals surface area contributed by atoms with Crippen LogP contribution in [0.3, 0.4) is 0 Å².